The largest absolute Gasteiger partial charge is 0.494 e. The Morgan fingerprint density at radius 1 is 1.32 bits per heavy atom. The average molecular weight is 256 g/mol. The van der Waals surface area contributed by atoms with E-state index < -0.39 is 0 Å². The van der Waals surface area contributed by atoms with Gasteiger partial charge in [-0.1, -0.05) is 30.3 Å². The minimum Gasteiger partial charge on any atom is -0.494 e. The summed E-state index contributed by atoms with van der Waals surface area (Å²) in [4.78, 5) is 4.36. The number of nitrogens with one attached hydrogen (secondary N) is 2. The van der Waals surface area contributed by atoms with E-state index >= 15 is 0 Å². The molecule has 1 heterocycles. The van der Waals surface area contributed by atoms with Gasteiger partial charge in [-0.05, 0) is 12.5 Å². The first-order valence-corrected chi connectivity index (χ1v) is 5.95. The summed E-state index contributed by atoms with van der Waals surface area (Å²) in [6.45, 7) is 2.51. The highest BCUT2D eigenvalue weighted by molar-refractivity contribution is 5.68. The normalized spacial score (nSPS) is 10.0. The zero-order valence-corrected chi connectivity index (χ0v) is 11.0. The first-order valence-electron chi connectivity index (χ1n) is 5.95. The predicted octanol–water partition coefficient (Wildman–Crippen LogP) is 3.67. The van der Waals surface area contributed by atoms with Gasteiger partial charge < -0.3 is 10.1 Å². The van der Waals surface area contributed by atoms with Crippen molar-refractivity contribution in [2.24, 2.45) is 5.11 Å². The summed E-state index contributed by atoms with van der Waals surface area (Å²) in [7, 11) is 1.56. The summed E-state index contributed by atoms with van der Waals surface area (Å²) in [6.07, 6.45) is 0. The van der Waals surface area contributed by atoms with Gasteiger partial charge in [0, 0.05) is 18.3 Å². The van der Waals surface area contributed by atoms with Crippen LogP contribution in [0.2, 0.25) is 0 Å². The molecular formula is C14H16N4O. The summed E-state index contributed by atoms with van der Waals surface area (Å²) in [5.41, 5.74) is 9.63. The number of aryl methyl sites for hydroxylation is 1. The summed E-state index contributed by atoms with van der Waals surface area (Å²) in [5, 5.41) is 6.69. The van der Waals surface area contributed by atoms with Crippen molar-refractivity contribution in [2.45, 2.75) is 13.5 Å². The highest BCUT2D eigenvalue weighted by atomic mass is 16.5. The molecule has 19 heavy (non-hydrogen) atoms. The number of methoxy groups -OCH3 is 1. The van der Waals surface area contributed by atoms with Crippen LogP contribution in [0.15, 0.2) is 41.5 Å². The van der Waals surface area contributed by atoms with E-state index in [9.17, 15) is 0 Å². The second kappa shape index (κ2) is 5.95. The Kier molecular flexibility index (Phi) is 4.07. The molecule has 0 amide bonds. The molecule has 0 bridgehead atoms. The topological polar surface area (TPSA) is 70.4 Å². The van der Waals surface area contributed by atoms with E-state index in [2.05, 4.69) is 15.4 Å². The van der Waals surface area contributed by atoms with E-state index in [1.165, 1.54) is 0 Å². The molecular weight excluding hydrogens is 240 g/mol. The van der Waals surface area contributed by atoms with Gasteiger partial charge in [0.1, 0.15) is 0 Å². The van der Waals surface area contributed by atoms with Crippen molar-refractivity contribution in [1.82, 2.24) is 4.98 Å². The molecule has 0 unspecified atom stereocenters. The fourth-order valence-electron chi connectivity index (χ4n) is 1.80. The van der Waals surface area contributed by atoms with E-state index in [1.54, 1.807) is 13.2 Å². The van der Waals surface area contributed by atoms with Gasteiger partial charge in [-0.3, -0.25) is 0 Å². The smallest absolute Gasteiger partial charge is 0.169 e. The third kappa shape index (κ3) is 3.07. The minimum absolute atomic E-state index is 0.420. The van der Waals surface area contributed by atoms with Crippen LogP contribution in [-0.2, 0) is 6.54 Å². The molecule has 98 valence electrons. The maximum absolute atomic E-state index is 7.25. The molecule has 2 N–H and O–H groups in total. The molecule has 0 aliphatic carbocycles. The fourth-order valence-corrected chi connectivity index (χ4v) is 1.80. The Balaban J connectivity index is 2.24. The van der Waals surface area contributed by atoms with Crippen LogP contribution in [0.5, 0.6) is 5.75 Å². The number of pyridine rings is 1. The van der Waals surface area contributed by atoms with Crippen molar-refractivity contribution in [3.8, 4) is 5.75 Å². The first-order chi connectivity index (χ1) is 9.24. The summed E-state index contributed by atoms with van der Waals surface area (Å²) < 4.78 is 5.22. The van der Waals surface area contributed by atoms with Crippen LogP contribution in [0.3, 0.4) is 0 Å². The molecule has 5 heteroatoms. The number of nitrogens with zero attached hydrogens (tertiary/aromatic N) is 2. The van der Waals surface area contributed by atoms with Crippen LogP contribution in [0, 0.1) is 12.5 Å². The van der Waals surface area contributed by atoms with Crippen molar-refractivity contribution < 1.29 is 4.74 Å². The van der Waals surface area contributed by atoms with E-state index in [-0.39, 0.29) is 0 Å². The standard InChI is InChI=1S/C14H16N4O/c1-10-8-12(19-2)13(18-15)14(17-10)16-9-11-6-4-3-5-7-11/h3-8,15H,9H2,1-2H3,(H,16,17). The third-order valence-corrected chi connectivity index (χ3v) is 2.72. The highest BCUT2D eigenvalue weighted by Gasteiger charge is 2.11. The van der Waals surface area contributed by atoms with Gasteiger partial charge >= 0.3 is 0 Å². The van der Waals surface area contributed by atoms with Crippen LogP contribution in [0.1, 0.15) is 11.3 Å². The number of hydrogen-bond acceptors (Lipinski definition) is 5. The maximum atomic E-state index is 7.25. The summed E-state index contributed by atoms with van der Waals surface area (Å²) in [5.74, 6) is 1.12. The van der Waals surface area contributed by atoms with E-state index in [4.69, 9.17) is 10.3 Å². The zero-order chi connectivity index (χ0) is 13.7. The third-order valence-electron chi connectivity index (χ3n) is 2.72. The lowest BCUT2D eigenvalue weighted by molar-refractivity contribution is 0.415. The number of anilines is 1. The van der Waals surface area contributed by atoms with E-state index in [0.717, 1.165) is 11.3 Å². The van der Waals surface area contributed by atoms with Gasteiger partial charge in [-0.2, -0.15) is 5.11 Å². The summed E-state index contributed by atoms with van der Waals surface area (Å²) >= 11 is 0. The number of aromatic nitrogens is 1. The number of rotatable bonds is 5. The fraction of sp³-hybridized carbons (Fsp3) is 0.214. The van der Waals surface area contributed by atoms with Crippen molar-refractivity contribution in [1.29, 1.82) is 5.53 Å². The first kappa shape index (κ1) is 13.0. The molecule has 2 rings (SSSR count). The van der Waals surface area contributed by atoms with Crippen LogP contribution in [-0.4, -0.2) is 12.1 Å². The van der Waals surface area contributed by atoms with Crippen LogP contribution >= 0.6 is 0 Å². The second-order valence-electron chi connectivity index (χ2n) is 4.11. The van der Waals surface area contributed by atoms with E-state index in [1.807, 2.05) is 37.3 Å². The SMILES string of the molecule is COc1cc(C)nc(NCc2ccccc2)c1N=N. The quantitative estimate of drug-likeness (QED) is 0.802. The minimum atomic E-state index is 0.420. The monoisotopic (exact) mass is 256 g/mol. The molecule has 2 aromatic rings. The molecule has 0 aliphatic heterocycles. The van der Waals surface area contributed by atoms with Crippen LogP contribution in [0.25, 0.3) is 0 Å². The van der Waals surface area contributed by atoms with E-state index in [0.29, 0.717) is 23.8 Å². The second-order valence-corrected chi connectivity index (χ2v) is 4.11. The van der Waals surface area contributed by atoms with Gasteiger partial charge in [0.15, 0.2) is 17.3 Å². The molecule has 5 nitrogen and oxygen atoms in total. The Hall–Kier alpha value is -2.43. The molecule has 0 saturated carbocycles. The number of ether oxygens (including phenoxy) is 1. The Morgan fingerprint density at radius 3 is 2.68 bits per heavy atom. The van der Waals surface area contributed by atoms with Gasteiger partial charge in [-0.15, -0.1) is 0 Å². The molecule has 0 fully saturated rings. The molecule has 0 aliphatic rings. The van der Waals surface area contributed by atoms with Crippen molar-refractivity contribution in [3.05, 3.63) is 47.7 Å². The lowest BCUT2D eigenvalue weighted by Crippen LogP contribution is -2.03. The summed E-state index contributed by atoms with van der Waals surface area (Å²) in [6, 6.07) is 11.8. The van der Waals surface area contributed by atoms with Gasteiger partial charge in [-0.25, -0.2) is 10.5 Å². The predicted molar refractivity (Wildman–Crippen MR) is 74.1 cm³/mol. The number of benzene rings is 1. The Bertz CT molecular complexity index is 569. The lowest BCUT2D eigenvalue weighted by atomic mass is 10.2. The maximum Gasteiger partial charge on any atom is 0.169 e. The molecule has 1 aromatic heterocycles. The molecule has 0 radical (unpaired) electrons. The molecule has 1 aromatic carbocycles. The Morgan fingerprint density at radius 2 is 2.05 bits per heavy atom. The van der Waals surface area contributed by atoms with Gasteiger partial charge in [0.05, 0.1) is 7.11 Å². The van der Waals surface area contributed by atoms with Gasteiger partial charge in [0.25, 0.3) is 0 Å². The highest BCUT2D eigenvalue weighted by Crippen LogP contribution is 2.34. The van der Waals surface area contributed by atoms with Crippen molar-refractivity contribution >= 4 is 11.5 Å². The van der Waals surface area contributed by atoms with Crippen LogP contribution < -0.4 is 10.1 Å². The van der Waals surface area contributed by atoms with Gasteiger partial charge in [0.2, 0.25) is 0 Å². The molecule has 0 spiro atoms. The zero-order valence-electron chi connectivity index (χ0n) is 11.0. The number of hydrogen-bond donors (Lipinski definition) is 2. The Labute approximate surface area is 112 Å². The van der Waals surface area contributed by atoms with Crippen molar-refractivity contribution in [2.75, 3.05) is 12.4 Å². The molecule has 0 atom stereocenters. The molecule has 0 saturated heterocycles. The van der Waals surface area contributed by atoms with Crippen molar-refractivity contribution in [3.63, 3.8) is 0 Å². The van der Waals surface area contributed by atoms with Crippen LogP contribution in [0.4, 0.5) is 11.5 Å². The average Bonchev–Trinajstić information content (AvgIpc) is 2.45. The lowest BCUT2D eigenvalue weighted by Gasteiger charge is -2.11.